The molecule has 2 saturated heterocycles. The summed E-state index contributed by atoms with van der Waals surface area (Å²) in [6, 6.07) is 0. The van der Waals surface area contributed by atoms with Gasteiger partial charge < -0.3 is 24.2 Å². The van der Waals surface area contributed by atoms with E-state index in [0.717, 1.165) is 18.8 Å². The second kappa shape index (κ2) is 10.6. The van der Waals surface area contributed by atoms with Gasteiger partial charge in [-0.2, -0.15) is 9.97 Å². The number of aliphatic hydroxyl groups is 1. The third-order valence-electron chi connectivity index (χ3n) is 6.22. The first kappa shape index (κ1) is 25.9. The van der Waals surface area contributed by atoms with Crippen molar-refractivity contribution in [2.24, 2.45) is 0 Å². The number of hydrogen-bond donors (Lipinski definition) is 2. The van der Waals surface area contributed by atoms with Gasteiger partial charge in [0.2, 0.25) is 33.7 Å². The van der Waals surface area contributed by atoms with Crippen LogP contribution in [0.3, 0.4) is 0 Å². The number of piperidine rings is 1. The number of nitrogens with zero attached hydrogens (tertiary/aromatic N) is 8. The van der Waals surface area contributed by atoms with Crippen LogP contribution in [-0.2, 0) is 14.8 Å². The summed E-state index contributed by atoms with van der Waals surface area (Å²) in [6.07, 6.45) is 3.12. The molecule has 0 aromatic carbocycles. The van der Waals surface area contributed by atoms with E-state index >= 15 is 0 Å². The van der Waals surface area contributed by atoms with Crippen LogP contribution in [0.2, 0.25) is 0 Å². The van der Waals surface area contributed by atoms with Crippen molar-refractivity contribution >= 4 is 21.9 Å². The van der Waals surface area contributed by atoms with Crippen molar-refractivity contribution in [2.45, 2.75) is 36.7 Å². The molecule has 2 N–H and O–H groups in total. The minimum atomic E-state index is -4.17. The molecule has 0 bridgehead atoms. The van der Waals surface area contributed by atoms with Crippen LogP contribution in [0.5, 0.6) is 11.8 Å². The number of halogens is 1. The summed E-state index contributed by atoms with van der Waals surface area (Å²) < 4.78 is 61.0. The highest BCUT2D eigenvalue weighted by atomic mass is 32.2. The van der Waals surface area contributed by atoms with Gasteiger partial charge in [0.25, 0.3) is 0 Å². The van der Waals surface area contributed by atoms with Gasteiger partial charge in [-0.3, -0.25) is 9.29 Å². The zero-order valence-electron chi connectivity index (χ0n) is 20.6. The van der Waals surface area contributed by atoms with E-state index in [1.807, 2.05) is 0 Å². The van der Waals surface area contributed by atoms with E-state index in [1.54, 1.807) is 0 Å². The Kier molecular flexibility index (Phi) is 7.22. The van der Waals surface area contributed by atoms with Crippen molar-refractivity contribution < 1.29 is 32.1 Å². The average Bonchev–Trinajstić information content (AvgIpc) is 3.58. The molecule has 0 aliphatic carbocycles. The second-order valence-electron chi connectivity index (χ2n) is 8.72. The number of ether oxygens (including phenoxy) is 3. The molecule has 0 unspecified atom stereocenters. The van der Waals surface area contributed by atoms with Gasteiger partial charge in [0, 0.05) is 19.7 Å². The van der Waals surface area contributed by atoms with Crippen LogP contribution in [0, 0.1) is 5.82 Å². The van der Waals surface area contributed by atoms with E-state index in [1.165, 1.54) is 30.0 Å². The summed E-state index contributed by atoms with van der Waals surface area (Å²) in [7, 11) is -1.36. The molecule has 3 aromatic heterocycles. The molecule has 17 heteroatoms. The third-order valence-corrected chi connectivity index (χ3v) is 7.91. The molecule has 0 spiro atoms. The summed E-state index contributed by atoms with van der Waals surface area (Å²) in [6.45, 7) is 0.554. The molecule has 3 aromatic rings. The zero-order chi connectivity index (χ0) is 26.9. The molecule has 2 aliphatic rings. The lowest BCUT2D eigenvalue weighted by molar-refractivity contribution is 0.103. The van der Waals surface area contributed by atoms with Gasteiger partial charge in [-0.05, 0) is 19.3 Å². The molecule has 204 valence electrons. The lowest BCUT2D eigenvalue weighted by Crippen LogP contribution is -2.50. The lowest BCUT2D eigenvalue weighted by atomic mass is 10.1. The standard InChI is InChI=1S/C21H26FN9O6S/c1-35-18-16(19(36-2)26-11-25-18)31-17(15-4-3-5-37-15)27-28-21(31)29-38(33,34)14-6-13(32)9-30(10-14)20-23-7-12(22)8-24-20/h7-8,11,13-15,32H,3-6,9-10H2,1-2H3,(H,28,29)/t13-,14+,15+/m0/s1. The van der Waals surface area contributed by atoms with Crippen LogP contribution >= 0.6 is 0 Å². The van der Waals surface area contributed by atoms with E-state index in [2.05, 4.69) is 34.9 Å². The third kappa shape index (κ3) is 5.03. The first-order valence-electron chi connectivity index (χ1n) is 11.7. The number of aromatic nitrogens is 7. The Morgan fingerprint density at radius 1 is 1.11 bits per heavy atom. The van der Waals surface area contributed by atoms with Crippen molar-refractivity contribution in [3.8, 4) is 17.4 Å². The van der Waals surface area contributed by atoms with Crippen molar-refractivity contribution in [3.05, 3.63) is 30.4 Å². The molecular weight excluding hydrogens is 525 g/mol. The van der Waals surface area contributed by atoms with E-state index in [0.29, 0.717) is 18.9 Å². The van der Waals surface area contributed by atoms with Crippen LogP contribution in [0.15, 0.2) is 18.7 Å². The van der Waals surface area contributed by atoms with Crippen LogP contribution in [0.4, 0.5) is 16.3 Å². The summed E-state index contributed by atoms with van der Waals surface area (Å²) in [5.41, 5.74) is 0.190. The Hall–Kier alpha value is -3.70. The fourth-order valence-corrected chi connectivity index (χ4v) is 5.91. The lowest BCUT2D eigenvalue weighted by Gasteiger charge is -2.35. The number of sulfonamides is 1. The number of methoxy groups -OCH3 is 2. The number of nitrogens with one attached hydrogen (secondary N) is 1. The van der Waals surface area contributed by atoms with Crippen LogP contribution in [0.1, 0.15) is 31.2 Å². The maximum absolute atomic E-state index is 13.6. The predicted octanol–water partition coefficient (Wildman–Crippen LogP) is 0.237. The minimum absolute atomic E-state index is 0.0498. The fraction of sp³-hybridized carbons (Fsp3) is 0.524. The number of anilines is 2. The molecule has 0 saturated carbocycles. The maximum atomic E-state index is 13.6. The summed E-state index contributed by atoms with van der Waals surface area (Å²) in [5, 5.41) is 17.7. The van der Waals surface area contributed by atoms with Gasteiger partial charge in [0.05, 0.1) is 32.7 Å². The molecule has 38 heavy (non-hydrogen) atoms. The largest absolute Gasteiger partial charge is 0.479 e. The Labute approximate surface area is 217 Å². The van der Waals surface area contributed by atoms with Gasteiger partial charge in [0.1, 0.15) is 17.7 Å². The SMILES string of the molecule is COc1ncnc(OC)c1-n1c(NS(=O)(=O)[C@@H]2C[C@H](O)CN(c3ncc(F)cn3)C2)nnc1[C@H]1CCCO1. The summed E-state index contributed by atoms with van der Waals surface area (Å²) in [5.74, 6) is -0.171. The minimum Gasteiger partial charge on any atom is -0.479 e. The molecule has 5 rings (SSSR count). The second-order valence-corrected chi connectivity index (χ2v) is 10.7. The van der Waals surface area contributed by atoms with E-state index in [9.17, 15) is 17.9 Å². The quantitative estimate of drug-likeness (QED) is 0.389. The van der Waals surface area contributed by atoms with Crippen molar-refractivity contribution in [1.82, 2.24) is 34.7 Å². The fourth-order valence-electron chi connectivity index (χ4n) is 4.50. The molecule has 5 heterocycles. The van der Waals surface area contributed by atoms with Crippen LogP contribution in [-0.4, -0.2) is 93.5 Å². The first-order valence-corrected chi connectivity index (χ1v) is 13.3. The van der Waals surface area contributed by atoms with Crippen molar-refractivity contribution in [2.75, 3.05) is 43.5 Å². The monoisotopic (exact) mass is 551 g/mol. The van der Waals surface area contributed by atoms with E-state index in [-0.39, 0.29) is 48.9 Å². The van der Waals surface area contributed by atoms with E-state index < -0.39 is 33.3 Å². The zero-order valence-corrected chi connectivity index (χ0v) is 21.4. The van der Waals surface area contributed by atoms with E-state index in [4.69, 9.17) is 14.2 Å². The highest BCUT2D eigenvalue weighted by Gasteiger charge is 2.38. The molecular formula is C21H26FN9O6S. The topological polar surface area (TPSA) is 180 Å². The maximum Gasteiger partial charge on any atom is 0.245 e. The van der Waals surface area contributed by atoms with Gasteiger partial charge in [0.15, 0.2) is 17.3 Å². The Bertz CT molecular complexity index is 1360. The number of β-amino-alcohol motifs (C(OH)–C–C–N with tert-alkyl or cyclic N) is 1. The average molecular weight is 552 g/mol. The molecule has 3 atom stereocenters. The van der Waals surface area contributed by atoms with Crippen LogP contribution in [0.25, 0.3) is 5.69 Å². The highest BCUT2D eigenvalue weighted by molar-refractivity contribution is 7.93. The van der Waals surface area contributed by atoms with Crippen molar-refractivity contribution in [3.63, 3.8) is 0 Å². The molecule has 2 aliphatic heterocycles. The number of hydrogen-bond acceptors (Lipinski definition) is 13. The molecule has 15 nitrogen and oxygen atoms in total. The first-order chi connectivity index (χ1) is 18.3. The number of aliphatic hydroxyl groups excluding tert-OH is 1. The normalized spacial score (nSPS) is 21.9. The Balaban J connectivity index is 1.51. The van der Waals surface area contributed by atoms with Crippen LogP contribution < -0.4 is 19.1 Å². The highest BCUT2D eigenvalue weighted by Crippen LogP contribution is 2.37. The summed E-state index contributed by atoms with van der Waals surface area (Å²) >= 11 is 0. The van der Waals surface area contributed by atoms with Gasteiger partial charge in [-0.1, -0.05) is 0 Å². The van der Waals surface area contributed by atoms with Gasteiger partial charge >= 0.3 is 0 Å². The smallest absolute Gasteiger partial charge is 0.245 e. The number of rotatable bonds is 8. The van der Waals surface area contributed by atoms with Gasteiger partial charge in [-0.25, -0.2) is 22.8 Å². The molecule has 2 fully saturated rings. The summed E-state index contributed by atoms with van der Waals surface area (Å²) in [4.78, 5) is 17.6. The molecule has 0 amide bonds. The Morgan fingerprint density at radius 2 is 1.82 bits per heavy atom. The Morgan fingerprint density at radius 3 is 2.45 bits per heavy atom. The molecule has 0 radical (unpaired) electrons. The van der Waals surface area contributed by atoms with Crippen molar-refractivity contribution in [1.29, 1.82) is 0 Å². The van der Waals surface area contributed by atoms with Gasteiger partial charge in [-0.15, -0.1) is 10.2 Å². The predicted molar refractivity (Wildman–Crippen MR) is 129 cm³/mol.